The lowest BCUT2D eigenvalue weighted by molar-refractivity contribution is -0.155. The Hall–Kier alpha value is -2.13. The van der Waals surface area contributed by atoms with E-state index in [0.717, 1.165) is 31.6 Å². The van der Waals surface area contributed by atoms with Crippen LogP contribution in [0.1, 0.15) is 24.5 Å². The molecule has 0 radical (unpaired) electrons. The first-order valence-electron chi connectivity index (χ1n) is 8.13. The zero-order valence-corrected chi connectivity index (χ0v) is 13.6. The fourth-order valence-corrected chi connectivity index (χ4v) is 3.10. The smallest absolute Gasteiger partial charge is 0.313 e. The summed E-state index contributed by atoms with van der Waals surface area (Å²) < 4.78 is 5.55. The van der Waals surface area contributed by atoms with Crippen LogP contribution in [0.3, 0.4) is 0 Å². The summed E-state index contributed by atoms with van der Waals surface area (Å²) in [5.41, 5.74) is 1.92. The van der Waals surface area contributed by atoms with E-state index in [2.05, 4.69) is 29.2 Å². The van der Waals surface area contributed by atoms with Gasteiger partial charge in [0, 0.05) is 13.1 Å². The molecule has 1 saturated heterocycles. The molecule has 2 aromatic carbocycles. The minimum absolute atomic E-state index is 0.0862. The molecule has 0 aromatic heterocycles. The lowest BCUT2D eigenvalue weighted by Crippen LogP contribution is -2.33. The van der Waals surface area contributed by atoms with Crippen molar-refractivity contribution in [3.8, 4) is 0 Å². The molecule has 120 valence electrons. The van der Waals surface area contributed by atoms with E-state index in [4.69, 9.17) is 4.74 Å². The van der Waals surface area contributed by atoms with Crippen LogP contribution in [0.15, 0.2) is 60.7 Å². The zero-order valence-electron chi connectivity index (χ0n) is 13.6. The van der Waals surface area contributed by atoms with E-state index in [0.29, 0.717) is 6.61 Å². The normalized spacial score (nSPS) is 21.3. The van der Waals surface area contributed by atoms with Gasteiger partial charge in [0.05, 0.1) is 5.41 Å². The van der Waals surface area contributed by atoms with Gasteiger partial charge in [-0.25, -0.2) is 0 Å². The Kier molecular flexibility index (Phi) is 4.77. The number of likely N-dealkylation sites (tertiary alicyclic amines) is 1. The predicted molar refractivity (Wildman–Crippen MR) is 90.7 cm³/mol. The van der Waals surface area contributed by atoms with Gasteiger partial charge >= 0.3 is 5.97 Å². The van der Waals surface area contributed by atoms with E-state index in [1.165, 1.54) is 5.56 Å². The molecular formula is C20H23NO2. The van der Waals surface area contributed by atoms with Gasteiger partial charge in [-0.05, 0) is 31.0 Å². The summed E-state index contributed by atoms with van der Waals surface area (Å²) in [6.07, 6.45) is 0.855. The molecule has 0 N–H and O–H groups in total. The topological polar surface area (TPSA) is 29.5 Å². The molecule has 1 fully saturated rings. The second-order valence-corrected chi connectivity index (χ2v) is 6.57. The number of benzene rings is 2. The number of rotatable bonds is 5. The van der Waals surface area contributed by atoms with Crippen molar-refractivity contribution in [2.75, 3.05) is 13.1 Å². The van der Waals surface area contributed by atoms with Crippen LogP contribution < -0.4 is 0 Å². The van der Waals surface area contributed by atoms with E-state index in [1.807, 2.05) is 43.3 Å². The number of hydrogen-bond donors (Lipinski definition) is 0. The molecule has 3 heteroatoms. The third kappa shape index (κ3) is 3.99. The fraction of sp³-hybridized carbons (Fsp3) is 0.350. The van der Waals surface area contributed by atoms with Gasteiger partial charge < -0.3 is 4.74 Å². The van der Waals surface area contributed by atoms with Crippen LogP contribution in [0, 0.1) is 5.41 Å². The van der Waals surface area contributed by atoms with Gasteiger partial charge in [0.1, 0.15) is 6.61 Å². The maximum Gasteiger partial charge on any atom is 0.313 e. The second kappa shape index (κ2) is 6.97. The number of ether oxygens (including phenoxy) is 1. The highest BCUT2D eigenvalue weighted by molar-refractivity contribution is 5.77. The SMILES string of the molecule is C[C@@]1(C(=O)OCc2ccccc2)CCN(Cc2ccccc2)C1. The molecule has 23 heavy (non-hydrogen) atoms. The molecule has 0 amide bonds. The maximum absolute atomic E-state index is 12.5. The van der Waals surface area contributed by atoms with Crippen LogP contribution in [0.5, 0.6) is 0 Å². The van der Waals surface area contributed by atoms with Crippen molar-refractivity contribution >= 4 is 5.97 Å². The van der Waals surface area contributed by atoms with Crippen molar-refractivity contribution in [3.05, 3.63) is 71.8 Å². The van der Waals surface area contributed by atoms with Gasteiger partial charge in [0.2, 0.25) is 0 Å². The maximum atomic E-state index is 12.5. The first-order valence-corrected chi connectivity index (χ1v) is 8.13. The Bertz CT molecular complexity index is 641. The van der Waals surface area contributed by atoms with Crippen LogP contribution in [-0.4, -0.2) is 24.0 Å². The van der Waals surface area contributed by atoms with Crippen molar-refractivity contribution in [3.63, 3.8) is 0 Å². The minimum atomic E-state index is -0.399. The van der Waals surface area contributed by atoms with Gasteiger partial charge in [-0.2, -0.15) is 0 Å². The molecule has 0 bridgehead atoms. The van der Waals surface area contributed by atoms with E-state index >= 15 is 0 Å². The molecule has 1 aliphatic heterocycles. The Morgan fingerprint density at radius 3 is 2.30 bits per heavy atom. The third-order valence-electron chi connectivity index (χ3n) is 4.51. The Labute approximate surface area is 137 Å². The average Bonchev–Trinajstić information content (AvgIpc) is 2.97. The standard InChI is InChI=1S/C20H23NO2/c1-20(19(22)23-15-18-10-6-3-7-11-18)12-13-21(16-20)14-17-8-4-2-5-9-17/h2-11H,12-16H2,1H3/t20-/m1/s1. The average molecular weight is 309 g/mol. The summed E-state index contributed by atoms with van der Waals surface area (Å²) >= 11 is 0. The highest BCUT2D eigenvalue weighted by Gasteiger charge is 2.41. The third-order valence-corrected chi connectivity index (χ3v) is 4.51. The van der Waals surface area contributed by atoms with Crippen molar-refractivity contribution in [2.24, 2.45) is 5.41 Å². The molecule has 0 spiro atoms. The van der Waals surface area contributed by atoms with Gasteiger partial charge in [0.15, 0.2) is 0 Å². The number of hydrogen-bond acceptors (Lipinski definition) is 3. The lowest BCUT2D eigenvalue weighted by Gasteiger charge is -2.23. The lowest BCUT2D eigenvalue weighted by atomic mass is 9.90. The number of esters is 1. The quantitative estimate of drug-likeness (QED) is 0.790. The van der Waals surface area contributed by atoms with Crippen LogP contribution in [0.25, 0.3) is 0 Å². The fourth-order valence-electron chi connectivity index (χ4n) is 3.10. The summed E-state index contributed by atoms with van der Waals surface area (Å²) in [6, 6.07) is 20.2. The minimum Gasteiger partial charge on any atom is -0.460 e. The largest absolute Gasteiger partial charge is 0.460 e. The second-order valence-electron chi connectivity index (χ2n) is 6.57. The van der Waals surface area contributed by atoms with Gasteiger partial charge in [-0.3, -0.25) is 9.69 Å². The molecule has 2 aromatic rings. The van der Waals surface area contributed by atoms with Gasteiger partial charge in [-0.15, -0.1) is 0 Å². The monoisotopic (exact) mass is 309 g/mol. The van der Waals surface area contributed by atoms with E-state index in [9.17, 15) is 4.79 Å². The highest BCUT2D eigenvalue weighted by atomic mass is 16.5. The van der Waals surface area contributed by atoms with Gasteiger partial charge in [0.25, 0.3) is 0 Å². The van der Waals surface area contributed by atoms with E-state index < -0.39 is 5.41 Å². The molecule has 3 nitrogen and oxygen atoms in total. The van der Waals surface area contributed by atoms with Crippen LogP contribution in [0.2, 0.25) is 0 Å². The van der Waals surface area contributed by atoms with Crippen molar-refractivity contribution < 1.29 is 9.53 Å². The summed E-state index contributed by atoms with van der Waals surface area (Å²) in [5, 5.41) is 0. The summed E-state index contributed by atoms with van der Waals surface area (Å²) in [4.78, 5) is 14.8. The summed E-state index contributed by atoms with van der Waals surface area (Å²) in [7, 11) is 0. The van der Waals surface area contributed by atoms with E-state index in [-0.39, 0.29) is 5.97 Å². The Balaban J connectivity index is 1.54. The van der Waals surface area contributed by atoms with E-state index in [1.54, 1.807) is 0 Å². The van der Waals surface area contributed by atoms with Crippen molar-refractivity contribution in [2.45, 2.75) is 26.5 Å². The molecule has 0 unspecified atom stereocenters. The molecular weight excluding hydrogens is 286 g/mol. The molecule has 1 heterocycles. The molecule has 1 atom stereocenters. The van der Waals surface area contributed by atoms with Gasteiger partial charge in [-0.1, -0.05) is 60.7 Å². The molecule has 1 aliphatic rings. The molecule has 0 aliphatic carbocycles. The predicted octanol–water partition coefficient (Wildman–Crippen LogP) is 3.64. The first-order chi connectivity index (χ1) is 11.2. The van der Waals surface area contributed by atoms with Crippen molar-refractivity contribution in [1.29, 1.82) is 0 Å². The summed E-state index contributed by atoms with van der Waals surface area (Å²) in [6.45, 7) is 4.96. The number of carbonyl (C=O) groups excluding carboxylic acids is 1. The molecule has 3 rings (SSSR count). The van der Waals surface area contributed by atoms with Crippen LogP contribution >= 0.6 is 0 Å². The van der Waals surface area contributed by atoms with Crippen molar-refractivity contribution in [1.82, 2.24) is 4.90 Å². The Morgan fingerprint density at radius 1 is 1.04 bits per heavy atom. The first kappa shape index (κ1) is 15.8. The Morgan fingerprint density at radius 2 is 1.65 bits per heavy atom. The highest BCUT2D eigenvalue weighted by Crippen LogP contribution is 2.32. The van der Waals surface area contributed by atoms with Crippen LogP contribution in [-0.2, 0) is 22.7 Å². The summed E-state index contributed by atoms with van der Waals surface area (Å²) in [5.74, 6) is -0.0862. The zero-order chi connectivity index (χ0) is 16.1. The number of carbonyl (C=O) groups is 1. The molecule has 0 saturated carbocycles. The van der Waals surface area contributed by atoms with Crippen LogP contribution in [0.4, 0.5) is 0 Å². The number of nitrogens with zero attached hydrogens (tertiary/aromatic N) is 1.